The topological polar surface area (TPSA) is 16.1 Å². The molecule has 0 amide bonds. The maximum Gasteiger partial charge on any atom is 0.187 e. The van der Waals surface area contributed by atoms with Crippen molar-refractivity contribution in [3.63, 3.8) is 0 Å². The molecule has 0 N–H and O–H groups in total. The predicted molar refractivity (Wildman–Crippen MR) is 79.0 cm³/mol. The van der Waals surface area contributed by atoms with E-state index in [1.807, 2.05) is 0 Å². The minimum absolute atomic E-state index is 0.467. The van der Waals surface area contributed by atoms with E-state index in [4.69, 9.17) is 23.2 Å². The molecule has 1 spiro atoms. The molecule has 1 aliphatic heterocycles. The van der Waals surface area contributed by atoms with Gasteiger partial charge in [-0.1, -0.05) is 35.8 Å². The van der Waals surface area contributed by atoms with Crippen molar-refractivity contribution in [3.8, 4) is 0 Å². The quantitative estimate of drug-likeness (QED) is 0.737. The molecule has 5 heteroatoms. The van der Waals surface area contributed by atoms with Crippen LogP contribution in [0.3, 0.4) is 0 Å². The maximum atomic E-state index is 6.07. The molecule has 1 saturated heterocycles. The Hall–Kier alpha value is 0.01000. The zero-order valence-corrected chi connectivity index (χ0v) is 12.8. The van der Waals surface area contributed by atoms with Gasteiger partial charge in [-0.25, -0.2) is 4.98 Å². The van der Waals surface area contributed by atoms with Crippen LogP contribution in [0.15, 0.2) is 0 Å². The molecule has 0 atom stereocenters. The number of thiazole rings is 1. The molecule has 1 aromatic heterocycles. The molecular formula is C13H18Cl2N2S. The van der Waals surface area contributed by atoms with Gasteiger partial charge in [0.05, 0.1) is 10.8 Å². The van der Waals surface area contributed by atoms with Crippen molar-refractivity contribution in [2.45, 2.75) is 44.4 Å². The standard InChI is InChI=1S/C13H18Cl2N2S/c14-9-10-11(15)16-12(18-10)17-7-5-13(6-8-17)3-1-2-4-13/h1-9H2. The molecule has 2 heterocycles. The van der Waals surface area contributed by atoms with E-state index < -0.39 is 0 Å². The van der Waals surface area contributed by atoms with E-state index in [0.717, 1.165) is 23.1 Å². The Bertz CT molecular complexity index is 417. The lowest BCUT2D eigenvalue weighted by molar-refractivity contribution is 0.226. The lowest BCUT2D eigenvalue weighted by atomic mass is 9.77. The number of rotatable bonds is 2. The molecule has 0 bridgehead atoms. The number of halogens is 2. The third-order valence-corrected chi connectivity index (χ3v) is 6.49. The van der Waals surface area contributed by atoms with E-state index in [2.05, 4.69) is 9.88 Å². The Kier molecular flexibility index (Phi) is 3.75. The van der Waals surface area contributed by atoms with Crippen molar-refractivity contribution in [1.82, 2.24) is 4.98 Å². The van der Waals surface area contributed by atoms with Gasteiger partial charge in [0.1, 0.15) is 5.15 Å². The molecule has 2 aliphatic rings. The Morgan fingerprint density at radius 3 is 2.39 bits per heavy atom. The number of aromatic nitrogens is 1. The van der Waals surface area contributed by atoms with Gasteiger partial charge >= 0.3 is 0 Å². The third-order valence-electron chi connectivity index (χ3n) is 4.52. The van der Waals surface area contributed by atoms with Crippen molar-refractivity contribution < 1.29 is 0 Å². The number of hydrogen-bond donors (Lipinski definition) is 0. The fourth-order valence-corrected chi connectivity index (χ4v) is 4.86. The van der Waals surface area contributed by atoms with E-state index in [0.29, 0.717) is 16.4 Å². The monoisotopic (exact) mass is 304 g/mol. The minimum atomic E-state index is 0.467. The molecule has 0 unspecified atom stereocenters. The van der Waals surface area contributed by atoms with Crippen LogP contribution in [0.1, 0.15) is 43.4 Å². The summed E-state index contributed by atoms with van der Waals surface area (Å²) in [5.74, 6) is 0.467. The Morgan fingerprint density at radius 1 is 1.17 bits per heavy atom. The van der Waals surface area contributed by atoms with Crippen molar-refractivity contribution in [1.29, 1.82) is 0 Å². The summed E-state index contributed by atoms with van der Waals surface area (Å²) >= 11 is 13.6. The summed E-state index contributed by atoms with van der Waals surface area (Å²) in [6.45, 7) is 2.26. The first-order valence-electron chi connectivity index (χ1n) is 6.69. The van der Waals surface area contributed by atoms with Gasteiger partial charge < -0.3 is 4.90 Å². The predicted octanol–water partition coefficient (Wildman–Crippen LogP) is 4.70. The van der Waals surface area contributed by atoms with Gasteiger partial charge in [-0.05, 0) is 31.1 Å². The average molecular weight is 305 g/mol. The molecule has 100 valence electrons. The van der Waals surface area contributed by atoms with Gasteiger partial charge in [-0.15, -0.1) is 11.6 Å². The van der Waals surface area contributed by atoms with E-state index in [9.17, 15) is 0 Å². The minimum Gasteiger partial charge on any atom is -0.348 e. The van der Waals surface area contributed by atoms with E-state index >= 15 is 0 Å². The van der Waals surface area contributed by atoms with E-state index in [1.165, 1.54) is 38.5 Å². The van der Waals surface area contributed by atoms with Crippen LogP contribution >= 0.6 is 34.5 Å². The van der Waals surface area contributed by atoms with Crippen LogP contribution in [0.25, 0.3) is 0 Å². The van der Waals surface area contributed by atoms with Crippen molar-refractivity contribution in [3.05, 3.63) is 10.0 Å². The molecular weight excluding hydrogens is 287 g/mol. The molecule has 18 heavy (non-hydrogen) atoms. The average Bonchev–Trinajstić information content (AvgIpc) is 2.98. The molecule has 0 radical (unpaired) electrons. The summed E-state index contributed by atoms with van der Waals surface area (Å²) in [6.07, 6.45) is 8.37. The number of piperidine rings is 1. The fourth-order valence-electron chi connectivity index (χ4n) is 3.34. The zero-order valence-electron chi connectivity index (χ0n) is 10.4. The molecule has 2 fully saturated rings. The van der Waals surface area contributed by atoms with E-state index in [1.54, 1.807) is 11.3 Å². The van der Waals surface area contributed by atoms with Crippen LogP contribution in [0.5, 0.6) is 0 Å². The second-order valence-electron chi connectivity index (χ2n) is 5.54. The first-order valence-corrected chi connectivity index (χ1v) is 8.41. The highest BCUT2D eigenvalue weighted by molar-refractivity contribution is 7.16. The molecule has 2 nitrogen and oxygen atoms in total. The molecule has 0 aromatic carbocycles. The number of hydrogen-bond acceptors (Lipinski definition) is 3. The fraction of sp³-hybridized carbons (Fsp3) is 0.769. The first kappa shape index (κ1) is 13.0. The largest absolute Gasteiger partial charge is 0.348 e. The summed E-state index contributed by atoms with van der Waals surface area (Å²) in [4.78, 5) is 7.83. The number of anilines is 1. The third kappa shape index (κ3) is 2.37. The van der Waals surface area contributed by atoms with Gasteiger partial charge in [0.15, 0.2) is 5.13 Å². The van der Waals surface area contributed by atoms with Crippen LogP contribution in [0, 0.1) is 5.41 Å². The summed E-state index contributed by atoms with van der Waals surface area (Å²) in [5, 5.41) is 1.65. The van der Waals surface area contributed by atoms with Gasteiger partial charge in [-0.2, -0.15) is 0 Å². The van der Waals surface area contributed by atoms with Crippen LogP contribution in [0.2, 0.25) is 5.15 Å². The SMILES string of the molecule is ClCc1sc(N2CCC3(CCCC3)CC2)nc1Cl. The van der Waals surface area contributed by atoms with Gasteiger partial charge in [0.25, 0.3) is 0 Å². The lowest BCUT2D eigenvalue weighted by Gasteiger charge is -2.39. The Labute approximate surface area is 122 Å². The highest BCUT2D eigenvalue weighted by Crippen LogP contribution is 2.47. The number of alkyl halides is 1. The van der Waals surface area contributed by atoms with Crippen molar-refractivity contribution in [2.75, 3.05) is 18.0 Å². The normalized spacial score (nSPS) is 22.9. The number of nitrogens with zero attached hydrogens (tertiary/aromatic N) is 2. The zero-order chi connectivity index (χ0) is 12.6. The van der Waals surface area contributed by atoms with Gasteiger partial charge in [-0.3, -0.25) is 0 Å². The van der Waals surface area contributed by atoms with Gasteiger partial charge in [0, 0.05) is 13.1 Å². The van der Waals surface area contributed by atoms with Crippen LogP contribution in [-0.2, 0) is 5.88 Å². The summed E-state index contributed by atoms with van der Waals surface area (Å²) in [5.41, 5.74) is 0.660. The molecule has 1 saturated carbocycles. The van der Waals surface area contributed by atoms with Crippen molar-refractivity contribution in [2.24, 2.45) is 5.41 Å². The van der Waals surface area contributed by atoms with Crippen LogP contribution in [0.4, 0.5) is 5.13 Å². The van der Waals surface area contributed by atoms with Crippen molar-refractivity contribution >= 4 is 39.7 Å². The van der Waals surface area contributed by atoms with Crippen LogP contribution < -0.4 is 4.90 Å². The Balaban J connectivity index is 1.68. The second-order valence-corrected chi connectivity index (χ2v) is 7.23. The van der Waals surface area contributed by atoms with Gasteiger partial charge in [0.2, 0.25) is 0 Å². The molecule has 3 rings (SSSR count). The highest BCUT2D eigenvalue weighted by Gasteiger charge is 2.37. The highest BCUT2D eigenvalue weighted by atomic mass is 35.5. The summed E-state index contributed by atoms with van der Waals surface area (Å²) in [6, 6.07) is 0. The second kappa shape index (κ2) is 5.18. The molecule has 1 aliphatic carbocycles. The van der Waals surface area contributed by atoms with E-state index in [-0.39, 0.29) is 0 Å². The smallest absolute Gasteiger partial charge is 0.187 e. The maximum absolute atomic E-state index is 6.07. The summed E-state index contributed by atoms with van der Waals surface area (Å²) in [7, 11) is 0. The lowest BCUT2D eigenvalue weighted by Crippen LogP contribution is -2.38. The first-order chi connectivity index (χ1) is 8.72. The Morgan fingerprint density at radius 2 is 1.83 bits per heavy atom. The van der Waals surface area contributed by atoms with Crippen LogP contribution in [-0.4, -0.2) is 18.1 Å². The summed E-state index contributed by atoms with van der Waals surface area (Å²) < 4.78 is 0. The molecule has 1 aromatic rings.